The Morgan fingerprint density at radius 2 is 1.74 bits per heavy atom. The topological polar surface area (TPSA) is 49.7 Å². The number of phenolic OH excluding ortho intramolecular Hbond substituents is 2. The van der Waals surface area contributed by atoms with Crippen LogP contribution in [-0.2, 0) is 0 Å². The van der Waals surface area contributed by atoms with Crippen molar-refractivity contribution in [2.24, 2.45) is 11.8 Å². The third kappa shape index (κ3) is 2.31. The first-order chi connectivity index (χ1) is 11.2. The molecule has 1 saturated carbocycles. The molecule has 4 rings (SSSR count). The van der Waals surface area contributed by atoms with Crippen molar-refractivity contribution in [3.8, 4) is 29.6 Å². The van der Waals surface area contributed by atoms with Crippen molar-refractivity contribution in [2.75, 3.05) is 0 Å². The maximum Gasteiger partial charge on any atom is 0.127 e. The Hall–Kier alpha value is -2.60. The lowest BCUT2D eigenvalue weighted by Gasteiger charge is -2.36. The van der Waals surface area contributed by atoms with E-state index in [1.165, 1.54) is 0 Å². The monoisotopic (exact) mass is 306 g/mol. The van der Waals surface area contributed by atoms with Crippen LogP contribution in [0.1, 0.15) is 36.0 Å². The van der Waals surface area contributed by atoms with Crippen molar-refractivity contribution in [3.63, 3.8) is 0 Å². The van der Waals surface area contributed by atoms with Crippen LogP contribution in [0.15, 0.2) is 42.5 Å². The van der Waals surface area contributed by atoms with Gasteiger partial charge < -0.3 is 14.9 Å². The Balaban J connectivity index is 1.78. The summed E-state index contributed by atoms with van der Waals surface area (Å²) in [5, 5.41) is 19.3. The molecule has 1 unspecified atom stereocenters. The average molecular weight is 306 g/mol. The first-order valence-corrected chi connectivity index (χ1v) is 7.90. The maximum atomic E-state index is 9.82. The molecule has 0 saturated heterocycles. The number of terminal acetylenes is 1. The predicted molar refractivity (Wildman–Crippen MR) is 87.4 cm³/mol. The van der Waals surface area contributed by atoms with Crippen LogP contribution in [0.3, 0.4) is 0 Å². The molecule has 4 atom stereocenters. The van der Waals surface area contributed by atoms with Gasteiger partial charge in [-0.2, -0.15) is 0 Å². The largest absolute Gasteiger partial charge is 0.508 e. The quantitative estimate of drug-likeness (QED) is 0.784. The van der Waals surface area contributed by atoms with Crippen LogP contribution < -0.4 is 4.74 Å². The van der Waals surface area contributed by atoms with Crippen LogP contribution in [0.4, 0.5) is 0 Å². The number of ether oxygens (including phenoxy) is 1. The summed E-state index contributed by atoms with van der Waals surface area (Å²) in [5.41, 5.74) is 2.11. The number of aromatic hydroxyl groups is 2. The van der Waals surface area contributed by atoms with Gasteiger partial charge in [-0.05, 0) is 54.7 Å². The summed E-state index contributed by atoms with van der Waals surface area (Å²) >= 11 is 0. The van der Waals surface area contributed by atoms with E-state index >= 15 is 0 Å². The van der Waals surface area contributed by atoms with Gasteiger partial charge >= 0.3 is 0 Å². The highest BCUT2D eigenvalue weighted by atomic mass is 16.5. The van der Waals surface area contributed by atoms with Gasteiger partial charge in [-0.15, -0.1) is 12.3 Å². The molecule has 2 N–H and O–H groups in total. The Morgan fingerprint density at radius 3 is 2.48 bits per heavy atom. The van der Waals surface area contributed by atoms with E-state index in [-0.39, 0.29) is 29.4 Å². The highest BCUT2D eigenvalue weighted by Gasteiger charge is 2.45. The first-order valence-electron chi connectivity index (χ1n) is 7.90. The molecule has 0 radical (unpaired) electrons. The minimum absolute atomic E-state index is 0.0732. The highest BCUT2D eigenvalue weighted by Crippen LogP contribution is 2.55. The standard InChI is InChI=1S/C20H18O3/c1-2-12-9-16-17-11-15(22)7-8-19(17)23-20(18(16)10-12)13-3-5-14(21)6-4-13/h1,3-8,11-12,16,18,20-22H,9-10H2/t12?,16-,18-,20-/m1/s1. The van der Waals surface area contributed by atoms with Gasteiger partial charge in [0.25, 0.3) is 0 Å². The smallest absolute Gasteiger partial charge is 0.127 e. The fourth-order valence-electron chi connectivity index (χ4n) is 4.03. The molecule has 2 aromatic rings. The van der Waals surface area contributed by atoms with Gasteiger partial charge in [-0.25, -0.2) is 0 Å². The molecule has 116 valence electrons. The van der Waals surface area contributed by atoms with Gasteiger partial charge in [-0.3, -0.25) is 0 Å². The molecular weight excluding hydrogens is 288 g/mol. The third-order valence-electron chi connectivity index (χ3n) is 5.10. The van der Waals surface area contributed by atoms with E-state index in [1.807, 2.05) is 18.2 Å². The molecule has 0 amide bonds. The van der Waals surface area contributed by atoms with E-state index in [4.69, 9.17) is 11.2 Å². The van der Waals surface area contributed by atoms with Crippen LogP contribution in [0.5, 0.6) is 17.2 Å². The lowest BCUT2D eigenvalue weighted by Crippen LogP contribution is -2.26. The molecule has 2 aliphatic rings. The summed E-state index contributed by atoms with van der Waals surface area (Å²) in [6.45, 7) is 0. The number of rotatable bonds is 1. The lowest BCUT2D eigenvalue weighted by molar-refractivity contribution is 0.103. The number of fused-ring (bicyclic) bond motifs is 3. The summed E-state index contributed by atoms with van der Waals surface area (Å²) in [5.74, 6) is 5.04. The number of phenols is 2. The van der Waals surface area contributed by atoms with E-state index in [9.17, 15) is 10.2 Å². The molecule has 1 aliphatic heterocycles. The number of hydrogen-bond donors (Lipinski definition) is 2. The number of benzene rings is 2. The molecule has 3 nitrogen and oxygen atoms in total. The summed E-state index contributed by atoms with van der Waals surface area (Å²) in [4.78, 5) is 0. The van der Waals surface area contributed by atoms with Gasteiger partial charge in [-0.1, -0.05) is 12.1 Å². The fourth-order valence-corrected chi connectivity index (χ4v) is 4.03. The van der Waals surface area contributed by atoms with Crippen molar-refractivity contribution < 1.29 is 14.9 Å². The number of hydrogen-bond acceptors (Lipinski definition) is 3. The van der Waals surface area contributed by atoms with E-state index in [0.717, 1.165) is 29.7 Å². The average Bonchev–Trinajstić information content (AvgIpc) is 3.00. The Kier molecular flexibility index (Phi) is 3.20. The minimum atomic E-state index is -0.0732. The molecule has 0 aromatic heterocycles. The molecule has 1 fully saturated rings. The van der Waals surface area contributed by atoms with Crippen LogP contribution in [0.25, 0.3) is 0 Å². The molecule has 1 heterocycles. The van der Waals surface area contributed by atoms with E-state index in [2.05, 4.69) is 5.92 Å². The molecule has 3 heteroatoms. The lowest BCUT2D eigenvalue weighted by atomic mass is 9.80. The molecule has 23 heavy (non-hydrogen) atoms. The van der Waals surface area contributed by atoms with Crippen molar-refractivity contribution in [1.29, 1.82) is 0 Å². The Labute approximate surface area is 135 Å². The maximum absolute atomic E-state index is 9.82. The Bertz CT molecular complexity index is 772. The third-order valence-corrected chi connectivity index (χ3v) is 5.10. The van der Waals surface area contributed by atoms with E-state index in [0.29, 0.717) is 5.92 Å². The zero-order chi connectivity index (χ0) is 16.0. The van der Waals surface area contributed by atoms with Gasteiger partial charge in [0, 0.05) is 17.4 Å². The molecule has 0 spiro atoms. The zero-order valence-electron chi connectivity index (χ0n) is 12.6. The van der Waals surface area contributed by atoms with E-state index in [1.54, 1.807) is 24.3 Å². The van der Waals surface area contributed by atoms with Gasteiger partial charge in [0.1, 0.15) is 23.4 Å². The molecular formula is C20H18O3. The van der Waals surface area contributed by atoms with Gasteiger partial charge in [0.2, 0.25) is 0 Å². The summed E-state index contributed by atoms with van der Waals surface area (Å²) in [7, 11) is 0. The second-order valence-electron chi connectivity index (χ2n) is 6.46. The second-order valence-corrected chi connectivity index (χ2v) is 6.46. The van der Waals surface area contributed by atoms with Crippen LogP contribution in [-0.4, -0.2) is 10.2 Å². The fraction of sp³-hybridized carbons (Fsp3) is 0.300. The highest BCUT2D eigenvalue weighted by molar-refractivity contribution is 5.46. The SMILES string of the molecule is C#CC1C[C@@H]2[C@H](C1)c1cc(O)ccc1O[C@@H]2c1ccc(O)cc1. The van der Waals surface area contributed by atoms with Crippen molar-refractivity contribution >= 4 is 0 Å². The normalized spacial score (nSPS) is 28.3. The summed E-state index contributed by atoms with van der Waals surface area (Å²) < 4.78 is 6.26. The van der Waals surface area contributed by atoms with Crippen LogP contribution in [0.2, 0.25) is 0 Å². The predicted octanol–water partition coefficient (Wildman–Crippen LogP) is 3.97. The Morgan fingerprint density at radius 1 is 1.00 bits per heavy atom. The summed E-state index contributed by atoms with van der Waals surface area (Å²) in [6, 6.07) is 12.5. The summed E-state index contributed by atoms with van der Waals surface area (Å²) in [6.07, 6.45) is 7.44. The second kappa shape index (κ2) is 5.24. The van der Waals surface area contributed by atoms with Crippen LogP contribution in [0, 0.1) is 24.2 Å². The van der Waals surface area contributed by atoms with Crippen molar-refractivity contribution in [1.82, 2.24) is 0 Å². The first kappa shape index (κ1) is 14.0. The minimum Gasteiger partial charge on any atom is -0.508 e. The van der Waals surface area contributed by atoms with Crippen LogP contribution >= 0.6 is 0 Å². The molecule has 1 aliphatic carbocycles. The van der Waals surface area contributed by atoms with Gasteiger partial charge in [0.05, 0.1) is 0 Å². The van der Waals surface area contributed by atoms with E-state index < -0.39 is 0 Å². The van der Waals surface area contributed by atoms with Gasteiger partial charge in [0.15, 0.2) is 0 Å². The molecule has 0 bridgehead atoms. The van der Waals surface area contributed by atoms with Crippen molar-refractivity contribution in [2.45, 2.75) is 24.9 Å². The van der Waals surface area contributed by atoms with Crippen molar-refractivity contribution in [3.05, 3.63) is 53.6 Å². The zero-order valence-corrected chi connectivity index (χ0v) is 12.6. The molecule has 2 aromatic carbocycles.